The van der Waals surface area contributed by atoms with Gasteiger partial charge in [-0.1, -0.05) is 12.1 Å². The molecule has 2 atom stereocenters. The van der Waals surface area contributed by atoms with Crippen LogP contribution >= 0.6 is 0 Å². The zero-order chi connectivity index (χ0) is 13.8. The molecular formula is C12H19N5O2. The van der Waals surface area contributed by atoms with Gasteiger partial charge >= 0.3 is 0 Å². The Morgan fingerprint density at radius 2 is 2.47 bits per heavy atom. The molecule has 0 saturated carbocycles. The van der Waals surface area contributed by atoms with Gasteiger partial charge in [0.15, 0.2) is 5.84 Å². The van der Waals surface area contributed by atoms with E-state index in [9.17, 15) is 0 Å². The van der Waals surface area contributed by atoms with Crippen LogP contribution < -0.4 is 10.6 Å². The third-order valence-electron chi connectivity index (χ3n) is 3.21. The lowest BCUT2D eigenvalue weighted by Crippen LogP contribution is -2.49. The van der Waals surface area contributed by atoms with Crippen molar-refractivity contribution >= 4 is 11.8 Å². The molecule has 1 aliphatic heterocycles. The van der Waals surface area contributed by atoms with Crippen molar-refractivity contribution in [2.24, 2.45) is 10.9 Å². The summed E-state index contributed by atoms with van der Waals surface area (Å²) in [6, 6.07) is 1.86. The summed E-state index contributed by atoms with van der Waals surface area (Å²) in [7, 11) is 0. The SMILES string of the molecule is CCC1COC(C)CN1c1nccc(/C(N)=N/O)n1. The van der Waals surface area contributed by atoms with Gasteiger partial charge in [-0.05, 0) is 19.4 Å². The van der Waals surface area contributed by atoms with E-state index in [-0.39, 0.29) is 18.0 Å². The van der Waals surface area contributed by atoms with E-state index in [4.69, 9.17) is 15.7 Å². The number of hydrogen-bond donors (Lipinski definition) is 2. The van der Waals surface area contributed by atoms with Gasteiger partial charge in [0.05, 0.1) is 18.8 Å². The van der Waals surface area contributed by atoms with E-state index in [1.54, 1.807) is 12.3 Å². The van der Waals surface area contributed by atoms with Crippen LogP contribution in [0.5, 0.6) is 0 Å². The number of morpholine rings is 1. The van der Waals surface area contributed by atoms with E-state index in [0.717, 1.165) is 13.0 Å². The predicted molar refractivity (Wildman–Crippen MR) is 71.4 cm³/mol. The van der Waals surface area contributed by atoms with Gasteiger partial charge < -0.3 is 20.6 Å². The van der Waals surface area contributed by atoms with Crippen LogP contribution in [0.1, 0.15) is 26.0 Å². The molecule has 7 nitrogen and oxygen atoms in total. The molecule has 1 aromatic rings. The summed E-state index contributed by atoms with van der Waals surface area (Å²) in [5.74, 6) is 0.573. The summed E-state index contributed by atoms with van der Waals surface area (Å²) in [6.45, 7) is 5.52. The second-order valence-electron chi connectivity index (χ2n) is 4.59. The van der Waals surface area contributed by atoms with E-state index in [1.807, 2.05) is 6.92 Å². The van der Waals surface area contributed by atoms with Gasteiger partial charge in [-0.25, -0.2) is 9.97 Å². The van der Waals surface area contributed by atoms with E-state index >= 15 is 0 Å². The molecule has 2 heterocycles. The molecule has 0 radical (unpaired) electrons. The van der Waals surface area contributed by atoms with Crippen LogP contribution in [0.25, 0.3) is 0 Å². The van der Waals surface area contributed by atoms with Crippen LogP contribution in [0.2, 0.25) is 0 Å². The molecule has 0 bridgehead atoms. The molecule has 19 heavy (non-hydrogen) atoms. The molecule has 0 spiro atoms. The van der Waals surface area contributed by atoms with E-state index in [0.29, 0.717) is 18.2 Å². The van der Waals surface area contributed by atoms with Crippen molar-refractivity contribution in [3.05, 3.63) is 18.0 Å². The van der Waals surface area contributed by atoms with Crippen molar-refractivity contribution in [1.82, 2.24) is 9.97 Å². The largest absolute Gasteiger partial charge is 0.409 e. The predicted octanol–water partition coefficient (Wildman–Crippen LogP) is 0.575. The smallest absolute Gasteiger partial charge is 0.226 e. The Morgan fingerprint density at radius 1 is 1.68 bits per heavy atom. The molecule has 1 aromatic heterocycles. The number of aromatic nitrogens is 2. The van der Waals surface area contributed by atoms with Crippen LogP contribution in [0.3, 0.4) is 0 Å². The maximum atomic E-state index is 8.70. The summed E-state index contributed by atoms with van der Waals surface area (Å²) in [6.07, 6.45) is 2.70. The minimum absolute atomic E-state index is 0.0157. The van der Waals surface area contributed by atoms with Gasteiger partial charge in [0.25, 0.3) is 0 Å². The number of nitrogens with two attached hydrogens (primary N) is 1. The maximum absolute atomic E-state index is 8.70. The highest BCUT2D eigenvalue weighted by Gasteiger charge is 2.27. The van der Waals surface area contributed by atoms with E-state index in [2.05, 4.69) is 26.9 Å². The first-order valence-corrected chi connectivity index (χ1v) is 6.34. The Morgan fingerprint density at radius 3 is 3.16 bits per heavy atom. The third-order valence-corrected chi connectivity index (χ3v) is 3.21. The van der Waals surface area contributed by atoms with Crippen LogP contribution in [0.4, 0.5) is 5.95 Å². The second-order valence-corrected chi connectivity index (χ2v) is 4.59. The van der Waals surface area contributed by atoms with Crippen LogP contribution in [-0.2, 0) is 4.74 Å². The summed E-state index contributed by atoms with van der Waals surface area (Å²) in [4.78, 5) is 10.7. The highest BCUT2D eigenvalue weighted by atomic mass is 16.5. The minimum atomic E-state index is -0.0157. The third kappa shape index (κ3) is 2.93. The van der Waals surface area contributed by atoms with Crippen molar-refractivity contribution in [3.8, 4) is 0 Å². The molecule has 0 aromatic carbocycles. The Kier molecular flexibility index (Phi) is 4.16. The minimum Gasteiger partial charge on any atom is -0.409 e. The Labute approximate surface area is 112 Å². The van der Waals surface area contributed by atoms with Crippen molar-refractivity contribution in [2.75, 3.05) is 18.1 Å². The first kappa shape index (κ1) is 13.5. The van der Waals surface area contributed by atoms with Gasteiger partial charge in [0, 0.05) is 12.7 Å². The van der Waals surface area contributed by atoms with Crippen molar-refractivity contribution < 1.29 is 9.94 Å². The van der Waals surface area contributed by atoms with Crippen LogP contribution in [0.15, 0.2) is 17.4 Å². The normalized spacial score (nSPS) is 24.5. The van der Waals surface area contributed by atoms with Gasteiger partial charge in [-0.2, -0.15) is 0 Å². The number of hydrogen-bond acceptors (Lipinski definition) is 6. The van der Waals surface area contributed by atoms with Gasteiger partial charge in [0.2, 0.25) is 5.95 Å². The number of oxime groups is 1. The monoisotopic (exact) mass is 265 g/mol. The summed E-state index contributed by atoms with van der Waals surface area (Å²) in [5, 5.41) is 11.7. The van der Waals surface area contributed by atoms with Gasteiger partial charge in [0.1, 0.15) is 5.69 Å². The summed E-state index contributed by atoms with van der Waals surface area (Å²) in [5.41, 5.74) is 5.97. The number of amidine groups is 1. The highest BCUT2D eigenvalue weighted by Crippen LogP contribution is 2.19. The first-order valence-electron chi connectivity index (χ1n) is 6.34. The average Bonchev–Trinajstić information content (AvgIpc) is 2.46. The summed E-state index contributed by atoms with van der Waals surface area (Å²) < 4.78 is 5.65. The van der Waals surface area contributed by atoms with Crippen molar-refractivity contribution in [3.63, 3.8) is 0 Å². The zero-order valence-corrected chi connectivity index (χ0v) is 11.2. The Hall–Kier alpha value is -1.89. The lowest BCUT2D eigenvalue weighted by Gasteiger charge is -2.38. The van der Waals surface area contributed by atoms with E-state index in [1.165, 1.54) is 0 Å². The standard InChI is InChI=1S/C12H19N5O2/c1-3-9-7-19-8(2)6-17(9)12-14-5-4-10(15-12)11(13)16-18/h4-5,8-9,18H,3,6-7H2,1-2H3,(H2,13,16). The maximum Gasteiger partial charge on any atom is 0.226 e. The van der Waals surface area contributed by atoms with E-state index < -0.39 is 0 Å². The number of ether oxygens (including phenoxy) is 1. The Balaban J connectivity index is 2.28. The lowest BCUT2D eigenvalue weighted by molar-refractivity contribution is 0.0292. The molecule has 0 amide bonds. The Bertz CT molecular complexity index is 465. The zero-order valence-electron chi connectivity index (χ0n) is 11.2. The van der Waals surface area contributed by atoms with Gasteiger partial charge in [-0.3, -0.25) is 0 Å². The molecule has 2 unspecified atom stereocenters. The fourth-order valence-electron chi connectivity index (χ4n) is 2.11. The molecule has 1 saturated heterocycles. The first-order chi connectivity index (χ1) is 9.15. The lowest BCUT2D eigenvalue weighted by atomic mass is 10.1. The second kappa shape index (κ2) is 5.83. The number of rotatable bonds is 3. The topological polar surface area (TPSA) is 96.9 Å². The van der Waals surface area contributed by atoms with Crippen molar-refractivity contribution in [2.45, 2.75) is 32.4 Å². The average molecular weight is 265 g/mol. The van der Waals surface area contributed by atoms with Gasteiger partial charge in [-0.15, -0.1) is 0 Å². The van der Waals surface area contributed by atoms with Crippen LogP contribution in [-0.4, -0.2) is 46.3 Å². The molecule has 1 fully saturated rings. The molecular weight excluding hydrogens is 246 g/mol. The molecule has 1 aliphatic rings. The number of nitrogens with zero attached hydrogens (tertiary/aromatic N) is 4. The highest BCUT2D eigenvalue weighted by molar-refractivity contribution is 5.95. The number of anilines is 1. The molecule has 104 valence electrons. The fraction of sp³-hybridized carbons (Fsp3) is 0.583. The molecule has 3 N–H and O–H groups in total. The molecule has 7 heteroatoms. The van der Waals surface area contributed by atoms with Crippen molar-refractivity contribution in [1.29, 1.82) is 0 Å². The molecule has 2 rings (SSSR count). The molecule has 0 aliphatic carbocycles. The fourth-order valence-corrected chi connectivity index (χ4v) is 2.11. The van der Waals surface area contributed by atoms with Crippen LogP contribution in [0, 0.1) is 0 Å². The summed E-state index contributed by atoms with van der Waals surface area (Å²) >= 11 is 0. The quantitative estimate of drug-likeness (QED) is 0.359.